The van der Waals surface area contributed by atoms with E-state index in [4.69, 9.17) is 0 Å². The van der Waals surface area contributed by atoms with Gasteiger partial charge >= 0.3 is 0 Å². The highest BCUT2D eigenvalue weighted by atomic mass is 19.1. The second-order valence-corrected chi connectivity index (χ2v) is 8.50. The molecule has 0 N–H and O–H groups in total. The average Bonchev–Trinajstić information content (AvgIpc) is 2.74. The van der Waals surface area contributed by atoms with Gasteiger partial charge in [-0.3, -0.25) is 4.79 Å². The highest BCUT2D eigenvalue weighted by molar-refractivity contribution is 6.01. The summed E-state index contributed by atoms with van der Waals surface area (Å²) in [5, 5.41) is 0. The molecule has 0 aliphatic carbocycles. The maximum Gasteiger partial charge on any atom is 0.257 e. The molecule has 1 amide bonds. The number of aryl methyl sites for hydroxylation is 2. The highest BCUT2D eigenvalue weighted by Gasteiger charge is 2.45. The molecule has 158 valence electrons. The van der Waals surface area contributed by atoms with Gasteiger partial charge in [0.05, 0.1) is 11.6 Å². The van der Waals surface area contributed by atoms with Crippen LogP contribution < -0.4 is 4.90 Å². The minimum atomic E-state index is -0.475. The molecule has 2 aliphatic rings. The third-order valence-corrected chi connectivity index (χ3v) is 6.38. The maximum absolute atomic E-state index is 14.9. The zero-order chi connectivity index (χ0) is 21.5. The molecule has 0 bridgehead atoms. The van der Waals surface area contributed by atoms with Crippen molar-refractivity contribution in [3.8, 4) is 11.1 Å². The average molecular weight is 417 g/mol. The molecule has 6 heteroatoms. The normalized spacial score (nSPS) is 20.2. The van der Waals surface area contributed by atoms with E-state index in [1.54, 1.807) is 11.0 Å². The number of benzene rings is 2. The number of piperidine rings is 1. The van der Waals surface area contributed by atoms with E-state index in [0.717, 1.165) is 35.9 Å². The third-order valence-electron chi connectivity index (χ3n) is 6.38. The summed E-state index contributed by atoms with van der Waals surface area (Å²) in [5.74, 6) is 0.520. The van der Waals surface area contributed by atoms with E-state index in [1.807, 2.05) is 56.3 Å². The summed E-state index contributed by atoms with van der Waals surface area (Å²) in [4.78, 5) is 26.6. The van der Waals surface area contributed by atoms with Crippen LogP contribution in [0.25, 0.3) is 11.1 Å². The SMILES string of the molecule is Cc1cc(C)nc(N2CC3CCN(C(=O)c4c(F)cccc4-c4ccccc4)CC32)n1. The molecule has 0 spiro atoms. The first-order chi connectivity index (χ1) is 15.0. The van der Waals surface area contributed by atoms with Crippen molar-refractivity contribution in [2.45, 2.75) is 26.3 Å². The molecular formula is C25H25FN4O. The third kappa shape index (κ3) is 3.56. The van der Waals surface area contributed by atoms with Gasteiger partial charge in [-0.25, -0.2) is 14.4 Å². The van der Waals surface area contributed by atoms with Crippen LogP contribution in [0.3, 0.4) is 0 Å². The monoisotopic (exact) mass is 416 g/mol. The van der Waals surface area contributed by atoms with Gasteiger partial charge in [0.15, 0.2) is 0 Å². The number of nitrogens with zero attached hydrogens (tertiary/aromatic N) is 4. The molecule has 3 aromatic rings. The summed E-state index contributed by atoms with van der Waals surface area (Å²) in [6.45, 7) is 6.04. The molecule has 2 saturated heterocycles. The maximum atomic E-state index is 14.9. The first-order valence-corrected chi connectivity index (χ1v) is 10.7. The van der Waals surface area contributed by atoms with Crippen LogP contribution in [0.15, 0.2) is 54.6 Å². The van der Waals surface area contributed by atoms with Crippen LogP contribution in [0.5, 0.6) is 0 Å². The number of hydrogen-bond acceptors (Lipinski definition) is 4. The predicted molar refractivity (Wildman–Crippen MR) is 118 cm³/mol. The molecule has 2 aromatic carbocycles. The van der Waals surface area contributed by atoms with Crippen molar-refractivity contribution >= 4 is 11.9 Å². The van der Waals surface area contributed by atoms with Gasteiger partial charge in [-0.1, -0.05) is 42.5 Å². The van der Waals surface area contributed by atoms with Gasteiger partial charge in [-0.15, -0.1) is 0 Å². The lowest BCUT2D eigenvalue weighted by Gasteiger charge is -2.53. The van der Waals surface area contributed by atoms with Gasteiger partial charge in [0.2, 0.25) is 5.95 Å². The number of halogens is 1. The van der Waals surface area contributed by atoms with Crippen LogP contribution in [0, 0.1) is 25.6 Å². The molecule has 1 aromatic heterocycles. The van der Waals surface area contributed by atoms with Crippen LogP contribution in [-0.4, -0.2) is 46.5 Å². The van der Waals surface area contributed by atoms with Crippen LogP contribution in [0.4, 0.5) is 10.3 Å². The summed E-state index contributed by atoms with van der Waals surface area (Å²) in [6, 6.07) is 16.5. The van der Waals surface area contributed by atoms with E-state index >= 15 is 0 Å². The van der Waals surface area contributed by atoms with Crippen molar-refractivity contribution in [2.24, 2.45) is 5.92 Å². The number of anilines is 1. The van der Waals surface area contributed by atoms with Crippen molar-refractivity contribution in [1.29, 1.82) is 0 Å². The van der Waals surface area contributed by atoms with Crippen molar-refractivity contribution in [1.82, 2.24) is 14.9 Å². The minimum Gasteiger partial charge on any atom is -0.336 e. The van der Waals surface area contributed by atoms with E-state index in [2.05, 4.69) is 14.9 Å². The molecule has 2 atom stereocenters. The highest BCUT2D eigenvalue weighted by Crippen LogP contribution is 2.36. The fraction of sp³-hybridized carbons (Fsp3) is 0.320. The van der Waals surface area contributed by atoms with E-state index in [9.17, 15) is 9.18 Å². The standard InChI is InChI=1S/C25H25FN4O/c1-16-13-17(2)28-25(27-16)30-14-19-11-12-29(15-22(19)30)24(31)23-20(9-6-10-21(23)26)18-7-4-3-5-8-18/h3-10,13,19,22H,11-12,14-15H2,1-2H3. The molecule has 0 saturated carbocycles. The first-order valence-electron chi connectivity index (χ1n) is 10.7. The zero-order valence-electron chi connectivity index (χ0n) is 17.8. The van der Waals surface area contributed by atoms with Crippen LogP contribution in [0.2, 0.25) is 0 Å². The van der Waals surface area contributed by atoms with Crippen molar-refractivity contribution in [3.63, 3.8) is 0 Å². The summed E-state index contributed by atoms with van der Waals surface area (Å²) in [6.07, 6.45) is 0.910. The molecule has 2 fully saturated rings. The Balaban J connectivity index is 1.42. The number of likely N-dealkylation sites (tertiary alicyclic amines) is 1. The van der Waals surface area contributed by atoms with E-state index in [1.165, 1.54) is 6.07 Å². The Hall–Kier alpha value is -3.28. The lowest BCUT2D eigenvalue weighted by atomic mass is 9.82. The number of hydrogen-bond donors (Lipinski definition) is 0. The van der Waals surface area contributed by atoms with Crippen LogP contribution in [-0.2, 0) is 0 Å². The van der Waals surface area contributed by atoms with Gasteiger partial charge in [0.1, 0.15) is 5.82 Å². The minimum absolute atomic E-state index is 0.153. The Morgan fingerprint density at radius 3 is 2.48 bits per heavy atom. The first kappa shape index (κ1) is 19.7. The Kier molecular flexibility index (Phi) is 4.93. The quantitative estimate of drug-likeness (QED) is 0.641. The molecule has 31 heavy (non-hydrogen) atoms. The van der Waals surface area contributed by atoms with Crippen molar-refractivity contribution < 1.29 is 9.18 Å². The van der Waals surface area contributed by atoms with E-state index < -0.39 is 5.82 Å². The molecule has 5 nitrogen and oxygen atoms in total. The second kappa shape index (κ2) is 7.76. The fourth-order valence-corrected chi connectivity index (χ4v) is 4.80. The number of carbonyl (C=O) groups excluding carboxylic acids is 1. The number of carbonyl (C=O) groups is 1. The Morgan fingerprint density at radius 2 is 1.74 bits per heavy atom. The van der Waals surface area contributed by atoms with Gasteiger partial charge in [0, 0.05) is 36.9 Å². The summed E-state index contributed by atoms with van der Waals surface area (Å²) < 4.78 is 14.9. The largest absolute Gasteiger partial charge is 0.336 e. The van der Waals surface area contributed by atoms with E-state index in [-0.39, 0.29) is 17.5 Å². The number of fused-ring (bicyclic) bond motifs is 1. The molecule has 3 heterocycles. The second-order valence-electron chi connectivity index (χ2n) is 8.50. The summed E-state index contributed by atoms with van der Waals surface area (Å²) in [5.41, 5.74) is 3.51. The lowest BCUT2D eigenvalue weighted by Crippen LogP contribution is -2.65. The summed E-state index contributed by atoms with van der Waals surface area (Å²) in [7, 11) is 0. The Morgan fingerprint density at radius 1 is 1.00 bits per heavy atom. The fourth-order valence-electron chi connectivity index (χ4n) is 4.80. The summed E-state index contributed by atoms with van der Waals surface area (Å²) >= 11 is 0. The molecule has 2 unspecified atom stereocenters. The molecule has 0 radical (unpaired) electrons. The number of aromatic nitrogens is 2. The smallest absolute Gasteiger partial charge is 0.257 e. The zero-order valence-corrected chi connectivity index (χ0v) is 17.8. The molecular weight excluding hydrogens is 391 g/mol. The van der Waals surface area contributed by atoms with E-state index in [0.29, 0.717) is 24.6 Å². The predicted octanol–water partition coefficient (Wildman–Crippen LogP) is 4.25. The van der Waals surface area contributed by atoms with Crippen LogP contribution >= 0.6 is 0 Å². The topological polar surface area (TPSA) is 49.3 Å². The molecule has 2 aliphatic heterocycles. The number of amides is 1. The Labute approximate surface area is 181 Å². The van der Waals surface area contributed by atoms with Crippen LogP contribution in [0.1, 0.15) is 28.2 Å². The number of rotatable bonds is 3. The molecule has 5 rings (SSSR count). The van der Waals surface area contributed by atoms with Gasteiger partial charge in [0.25, 0.3) is 5.91 Å². The Bertz CT molecular complexity index is 1110. The van der Waals surface area contributed by atoms with Gasteiger partial charge < -0.3 is 9.80 Å². The van der Waals surface area contributed by atoms with Crippen molar-refractivity contribution in [3.05, 3.63) is 77.4 Å². The van der Waals surface area contributed by atoms with Gasteiger partial charge in [-0.05, 0) is 43.5 Å². The van der Waals surface area contributed by atoms with Crippen molar-refractivity contribution in [2.75, 3.05) is 24.5 Å². The van der Waals surface area contributed by atoms with Gasteiger partial charge in [-0.2, -0.15) is 0 Å². The lowest BCUT2D eigenvalue weighted by molar-refractivity contribution is 0.0586.